The van der Waals surface area contributed by atoms with Gasteiger partial charge in [0.05, 0.1) is 6.61 Å². The molecule has 0 aromatic rings. The number of ketones is 1. The third-order valence-electron chi connectivity index (χ3n) is 1.39. The lowest BCUT2D eigenvalue weighted by Crippen LogP contribution is -2.44. The van der Waals surface area contributed by atoms with Crippen molar-refractivity contribution in [1.29, 1.82) is 0 Å². The van der Waals surface area contributed by atoms with E-state index in [2.05, 4.69) is 0 Å². The molecule has 0 aromatic heterocycles. The van der Waals surface area contributed by atoms with E-state index < -0.39 is 44.6 Å². The smallest absolute Gasteiger partial charge is 0.402 e. The number of rotatable bonds is 5. The first-order valence-corrected chi connectivity index (χ1v) is 4.10. The quantitative estimate of drug-likeness (QED) is 0.218. The van der Waals surface area contributed by atoms with E-state index in [1.165, 1.54) is 0 Å². The van der Waals surface area contributed by atoms with Crippen LogP contribution >= 0.6 is 0 Å². The number of Topliss-reactive ketones (excluding diaryl/α,β-unsaturated/α-hetero) is 1. The predicted octanol–water partition coefficient (Wildman–Crippen LogP) is -5.43. The summed E-state index contributed by atoms with van der Waals surface area (Å²) < 4.78 is 0. The maximum atomic E-state index is 10.5. The molecule has 0 aliphatic rings. The molecule has 0 heterocycles. The molecule has 96 valence electrons. The number of carbonyl (C=O) groups excluding carboxylic acids is 1. The van der Waals surface area contributed by atoms with Crippen LogP contribution in [0.1, 0.15) is 0 Å². The van der Waals surface area contributed by atoms with E-state index in [-0.39, 0.29) is 0 Å². The molecule has 0 radical (unpaired) electrons. The fourth-order valence-electron chi connectivity index (χ4n) is 0.602. The standard InChI is InChI=1S/C6H12O6.BH3O3/c7-1-3(9)5(11)6(12)4(10)2-8;2-1(3)4/h3,5-9,11-12H,1-2H2;2-4H/t3-,5-,6-;/m1./s1. The highest BCUT2D eigenvalue weighted by atomic mass is 16.5. The minimum Gasteiger partial charge on any atom is -0.402 e. The van der Waals surface area contributed by atoms with E-state index in [9.17, 15) is 4.79 Å². The second kappa shape index (κ2) is 9.63. The zero-order chi connectivity index (χ0) is 13.3. The van der Waals surface area contributed by atoms with Gasteiger partial charge in [-0.25, -0.2) is 0 Å². The zero-order valence-corrected chi connectivity index (χ0v) is 8.21. The average Bonchev–Trinajstić information content (AvgIpc) is 2.24. The second-order valence-electron chi connectivity index (χ2n) is 2.66. The summed E-state index contributed by atoms with van der Waals surface area (Å²) in [5.41, 5.74) is 0. The molecule has 0 spiro atoms. The van der Waals surface area contributed by atoms with E-state index in [1.807, 2.05) is 0 Å². The highest BCUT2D eigenvalue weighted by Gasteiger charge is 2.28. The van der Waals surface area contributed by atoms with E-state index in [0.29, 0.717) is 0 Å². The number of hydrogen-bond acceptors (Lipinski definition) is 9. The Morgan fingerprint density at radius 1 is 1.06 bits per heavy atom. The van der Waals surface area contributed by atoms with Gasteiger partial charge >= 0.3 is 7.32 Å². The summed E-state index contributed by atoms with van der Waals surface area (Å²) in [5.74, 6) is -1.00. The Bertz CT molecular complexity index is 184. The van der Waals surface area contributed by atoms with Crippen LogP contribution < -0.4 is 0 Å². The summed E-state index contributed by atoms with van der Waals surface area (Å²) in [7, 11) is -2.17. The van der Waals surface area contributed by atoms with Gasteiger partial charge in [0, 0.05) is 0 Å². The van der Waals surface area contributed by atoms with E-state index in [4.69, 9.17) is 40.6 Å². The molecule has 0 unspecified atom stereocenters. The van der Waals surface area contributed by atoms with Gasteiger partial charge < -0.3 is 40.6 Å². The van der Waals surface area contributed by atoms with Crippen molar-refractivity contribution < 1.29 is 45.4 Å². The van der Waals surface area contributed by atoms with Gasteiger partial charge in [0.1, 0.15) is 24.9 Å². The molecular formula is C6H15BO9. The molecule has 8 N–H and O–H groups in total. The van der Waals surface area contributed by atoms with Crippen LogP contribution in [0.15, 0.2) is 0 Å². The SMILES string of the molecule is O=C(CO)[C@@H](O)[C@H](O)[C@H](O)CO.OB(O)O. The fourth-order valence-corrected chi connectivity index (χ4v) is 0.602. The second-order valence-corrected chi connectivity index (χ2v) is 2.66. The maximum Gasteiger partial charge on any atom is 0.631 e. The van der Waals surface area contributed by atoms with Crippen LogP contribution in [0.5, 0.6) is 0 Å². The molecule has 3 atom stereocenters. The molecule has 0 aliphatic carbocycles. The van der Waals surface area contributed by atoms with E-state index in [0.717, 1.165) is 0 Å². The Kier molecular flexibility index (Phi) is 10.7. The molecule has 0 saturated carbocycles. The van der Waals surface area contributed by atoms with Gasteiger partial charge in [-0.2, -0.15) is 0 Å². The van der Waals surface area contributed by atoms with Gasteiger partial charge in [0.25, 0.3) is 0 Å². The summed E-state index contributed by atoms with van der Waals surface area (Å²) in [5, 5.41) is 64.6. The lowest BCUT2D eigenvalue weighted by molar-refractivity contribution is -0.142. The molecule has 0 bridgehead atoms. The fraction of sp³-hybridized carbons (Fsp3) is 0.833. The van der Waals surface area contributed by atoms with Crippen LogP contribution in [0.25, 0.3) is 0 Å². The molecule has 0 aromatic carbocycles. The lowest BCUT2D eigenvalue weighted by Gasteiger charge is -2.19. The molecular weight excluding hydrogens is 227 g/mol. The Balaban J connectivity index is 0. The molecule has 0 fully saturated rings. The number of aliphatic hydroxyl groups excluding tert-OH is 5. The molecule has 0 aliphatic heterocycles. The van der Waals surface area contributed by atoms with Gasteiger partial charge in [0.2, 0.25) is 0 Å². The molecule has 10 heteroatoms. The monoisotopic (exact) mass is 242 g/mol. The third kappa shape index (κ3) is 8.70. The first-order chi connectivity index (χ1) is 7.27. The van der Waals surface area contributed by atoms with E-state index in [1.54, 1.807) is 0 Å². The Hall–Kier alpha value is -0.585. The predicted molar refractivity (Wildman–Crippen MR) is 49.6 cm³/mol. The van der Waals surface area contributed by atoms with Gasteiger partial charge in [0.15, 0.2) is 5.78 Å². The summed E-state index contributed by atoms with van der Waals surface area (Å²) in [4.78, 5) is 10.5. The van der Waals surface area contributed by atoms with Gasteiger partial charge in [-0.3, -0.25) is 4.79 Å². The highest BCUT2D eigenvalue weighted by Crippen LogP contribution is 2.00. The van der Waals surface area contributed by atoms with Gasteiger partial charge in [-0.05, 0) is 0 Å². The average molecular weight is 242 g/mol. The number of hydrogen-bond donors (Lipinski definition) is 8. The molecule has 0 saturated heterocycles. The van der Waals surface area contributed by atoms with Crippen LogP contribution in [-0.2, 0) is 4.79 Å². The van der Waals surface area contributed by atoms with Crippen molar-refractivity contribution in [3.8, 4) is 0 Å². The van der Waals surface area contributed by atoms with Crippen molar-refractivity contribution >= 4 is 13.1 Å². The number of aliphatic hydroxyl groups is 5. The van der Waals surface area contributed by atoms with Crippen molar-refractivity contribution in [3.63, 3.8) is 0 Å². The van der Waals surface area contributed by atoms with Crippen LogP contribution in [-0.4, -0.2) is 85.2 Å². The Labute approximate surface area is 91.0 Å². The Morgan fingerprint density at radius 3 is 1.69 bits per heavy atom. The van der Waals surface area contributed by atoms with E-state index >= 15 is 0 Å². The summed E-state index contributed by atoms with van der Waals surface area (Å²) >= 11 is 0. The molecule has 0 rings (SSSR count). The largest absolute Gasteiger partial charge is 0.631 e. The van der Waals surface area contributed by atoms with Crippen molar-refractivity contribution in [1.82, 2.24) is 0 Å². The molecule has 16 heavy (non-hydrogen) atoms. The van der Waals surface area contributed by atoms with Crippen molar-refractivity contribution in [2.45, 2.75) is 18.3 Å². The zero-order valence-electron chi connectivity index (χ0n) is 8.21. The lowest BCUT2D eigenvalue weighted by atomic mass is 10.1. The minimum atomic E-state index is -2.17. The molecule has 9 nitrogen and oxygen atoms in total. The van der Waals surface area contributed by atoms with Gasteiger partial charge in [-0.1, -0.05) is 0 Å². The summed E-state index contributed by atoms with van der Waals surface area (Å²) in [6.07, 6.45) is -5.22. The first kappa shape index (κ1) is 17.8. The van der Waals surface area contributed by atoms with Gasteiger partial charge in [-0.15, -0.1) is 0 Å². The number of carbonyl (C=O) groups is 1. The highest BCUT2D eigenvalue weighted by molar-refractivity contribution is 6.30. The van der Waals surface area contributed by atoms with Crippen LogP contribution in [0.4, 0.5) is 0 Å². The van der Waals surface area contributed by atoms with Crippen LogP contribution in [0, 0.1) is 0 Å². The van der Waals surface area contributed by atoms with Crippen molar-refractivity contribution in [2.75, 3.05) is 13.2 Å². The van der Waals surface area contributed by atoms with Crippen molar-refractivity contribution in [3.05, 3.63) is 0 Å². The van der Waals surface area contributed by atoms with Crippen LogP contribution in [0.2, 0.25) is 0 Å². The summed E-state index contributed by atoms with van der Waals surface area (Å²) in [6, 6.07) is 0. The molecule has 0 amide bonds. The third-order valence-corrected chi connectivity index (χ3v) is 1.39. The minimum absolute atomic E-state index is 0.767. The maximum absolute atomic E-state index is 10.5. The summed E-state index contributed by atoms with van der Waals surface area (Å²) in [6.45, 7) is -1.69. The van der Waals surface area contributed by atoms with Crippen LogP contribution in [0.3, 0.4) is 0 Å². The first-order valence-electron chi connectivity index (χ1n) is 4.10. The topological polar surface area (TPSA) is 179 Å². The Morgan fingerprint density at radius 2 is 1.44 bits per heavy atom. The van der Waals surface area contributed by atoms with Crippen molar-refractivity contribution in [2.24, 2.45) is 0 Å². The normalized spacial score (nSPS) is 15.5.